The van der Waals surface area contributed by atoms with Crippen LogP contribution in [0.25, 0.3) is 5.69 Å². The molecular formula is C29H22ClN5O2S. The zero-order valence-electron chi connectivity index (χ0n) is 20.3. The largest absolute Gasteiger partial charge is 0.306 e. The number of halogens is 1. The zero-order chi connectivity index (χ0) is 26.6. The number of carbonyl (C=O) groups excluding carboxylic acids is 2. The van der Waals surface area contributed by atoms with Gasteiger partial charge in [0.25, 0.3) is 5.91 Å². The van der Waals surface area contributed by atoms with Gasteiger partial charge in [0.1, 0.15) is 22.5 Å². The van der Waals surface area contributed by atoms with Gasteiger partial charge in [0.2, 0.25) is 5.91 Å². The van der Waals surface area contributed by atoms with Gasteiger partial charge in [-0.25, -0.2) is 4.68 Å². The molecule has 0 aliphatic carbocycles. The summed E-state index contributed by atoms with van der Waals surface area (Å²) in [6, 6.07) is 29.5. The van der Waals surface area contributed by atoms with Crippen LogP contribution in [0.15, 0.2) is 102 Å². The minimum Gasteiger partial charge on any atom is -0.306 e. The third-order valence-electron chi connectivity index (χ3n) is 5.93. The first kappa shape index (κ1) is 25.3. The highest BCUT2D eigenvalue weighted by Crippen LogP contribution is 2.42. The van der Waals surface area contributed by atoms with Gasteiger partial charge in [-0.05, 0) is 55.3 Å². The van der Waals surface area contributed by atoms with Crippen LogP contribution in [0.4, 0.5) is 11.5 Å². The highest BCUT2D eigenvalue weighted by molar-refractivity contribution is 8.05. The first-order valence-corrected chi connectivity index (χ1v) is 13.1. The summed E-state index contributed by atoms with van der Waals surface area (Å²) in [7, 11) is 0. The summed E-state index contributed by atoms with van der Waals surface area (Å²) >= 11 is 7.24. The number of aromatic nitrogens is 2. The average molecular weight is 540 g/mol. The number of aryl methyl sites for hydroxylation is 1. The van der Waals surface area contributed by atoms with E-state index >= 15 is 0 Å². The Morgan fingerprint density at radius 2 is 1.66 bits per heavy atom. The molecule has 0 saturated carbocycles. The Morgan fingerprint density at radius 1 is 1.03 bits per heavy atom. The van der Waals surface area contributed by atoms with E-state index in [1.54, 1.807) is 35.0 Å². The lowest BCUT2D eigenvalue weighted by molar-refractivity contribution is -0.117. The molecule has 9 heteroatoms. The molecule has 4 aromatic rings. The lowest BCUT2D eigenvalue weighted by atomic mass is 10.1. The number of carbonyl (C=O) groups is 2. The quantitative estimate of drug-likeness (QED) is 0.243. The molecule has 7 nitrogen and oxygen atoms in total. The minimum atomic E-state index is -0.618. The molecule has 1 aliphatic heterocycles. The number of hydrogen-bond donors (Lipinski definition) is 1. The molecule has 1 saturated heterocycles. The van der Waals surface area contributed by atoms with Crippen molar-refractivity contribution in [2.75, 3.05) is 10.2 Å². The van der Waals surface area contributed by atoms with Crippen molar-refractivity contribution in [3.8, 4) is 11.8 Å². The third-order valence-corrected chi connectivity index (χ3v) is 7.44. The van der Waals surface area contributed by atoms with Gasteiger partial charge in [0, 0.05) is 16.8 Å². The number of hydrogen-bond acceptors (Lipinski definition) is 5. The van der Waals surface area contributed by atoms with Crippen molar-refractivity contribution in [2.24, 2.45) is 0 Å². The number of benzene rings is 3. The minimum absolute atomic E-state index is 0.149. The van der Waals surface area contributed by atoms with Crippen LogP contribution in [-0.4, -0.2) is 26.8 Å². The molecule has 0 radical (unpaired) electrons. The molecule has 38 heavy (non-hydrogen) atoms. The molecule has 0 bridgehead atoms. The molecule has 1 aromatic heterocycles. The SMILES string of the molecule is Cc1cc(NC(=O)C(C#N)=C2SC(Cc3ccc(Cl)cc3)C(=O)N2c2ccccc2)n(-c2ccccc2)n1. The number of nitrogens with one attached hydrogen (secondary N) is 1. The molecule has 5 rings (SSSR count). The monoisotopic (exact) mass is 539 g/mol. The van der Waals surface area contributed by atoms with Crippen molar-refractivity contribution < 1.29 is 9.59 Å². The zero-order valence-corrected chi connectivity index (χ0v) is 21.9. The summed E-state index contributed by atoms with van der Waals surface area (Å²) < 4.78 is 1.61. The highest BCUT2D eigenvalue weighted by atomic mass is 35.5. The predicted molar refractivity (Wildman–Crippen MR) is 150 cm³/mol. The number of rotatable bonds is 6. The fourth-order valence-corrected chi connectivity index (χ4v) is 5.60. The second-order valence-electron chi connectivity index (χ2n) is 8.61. The van der Waals surface area contributed by atoms with Crippen molar-refractivity contribution in [3.05, 3.63) is 118 Å². The molecule has 1 aliphatic rings. The van der Waals surface area contributed by atoms with Crippen molar-refractivity contribution in [3.63, 3.8) is 0 Å². The summed E-state index contributed by atoms with van der Waals surface area (Å²) in [4.78, 5) is 28.6. The molecule has 1 unspecified atom stereocenters. The lowest BCUT2D eigenvalue weighted by Gasteiger charge is -2.18. The van der Waals surface area contributed by atoms with Crippen LogP contribution < -0.4 is 10.2 Å². The van der Waals surface area contributed by atoms with E-state index in [9.17, 15) is 14.9 Å². The normalized spacial score (nSPS) is 16.3. The van der Waals surface area contributed by atoms with Gasteiger partial charge >= 0.3 is 0 Å². The van der Waals surface area contributed by atoms with E-state index in [0.29, 0.717) is 33.7 Å². The number of para-hydroxylation sites is 2. The summed E-state index contributed by atoms with van der Waals surface area (Å²) in [5.74, 6) is -0.393. The van der Waals surface area contributed by atoms with Gasteiger partial charge in [0.15, 0.2) is 0 Å². The Bertz CT molecular complexity index is 1560. The van der Waals surface area contributed by atoms with Crippen LogP contribution >= 0.6 is 23.4 Å². The smallest absolute Gasteiger partial charge is 0.270 e. The fourth-order valence-electron chi connectivity index (χ4n) is 4.17. The van der Waals surface area contributed by atoms with Crippen LogP contribution in [0.5, 0.6) is 0 Å². The summed E-state index contributed by atoms with van der Waals surface area (Å²) in [5, 5.41) is 17.8. The van der Waals surface area contributed by atoms with Gasteiger partial charge in [-0.3, -0.25) is 14.5 Å². The Balaban J connectivity index is 1.51. The number of amides is 2. The molecule has 0 spiro atoms. The van der Waals surface area contributed by atoms with E-state index in [1.165, 1.54) is 16.7 Å². The molecular weight excluding hydrogens is 518 g/mol. The van der Waals surface area contributed by atoms with Gasteiger partial charge in [0.05, 0.1) is 16.6 Å². The van der Waals surface area contributed by atoms with E-state index in [4.69, 9.17) is 11.6 Å². The van der Waals surface area contributed by atoms with Crippen molar-refractivity contribution in [2.45, 2.75) is 18.6 Å². The average Bonchev–Trinajstić information content (AvgIpc) is 3.45. The summed E-state index contributed by atoms with van der Waals surface area (Å²) in [6.07, 6.45) is 0.424. The maximum atomic E-state index is 13.6. The van der Waals surface area contributed by atoms with Gasteiger partial charge < -0.3 is 5.32 Å². The molecule has 1 N–H and O–H groups in total. The van der Waals surface area contributed by atoms with E-state index in [-0.39, 0.29) is 11.5 Å². The number of nitriles is 1. The second-order valence-corrected chi connectivity index (χ2v) is 10.2. The Kier molecular flexibility index (Phi) is 7.31. The molecule has 1 fully saturated rings. The number of anilines is 2. The van der Waals surface area contributed by atoms with Crippen molar-refractivity contribution in [1.29, 1.82) is 5.26 Å². The molecule has 1 atom stereocenters. The predicted octanol–water partition coefficient (Wildman–Crippen LogP) is 5.90. The Labute approximate surface area is 229 Å². The lowest BCUT2D eigenvalue weighted by Crippen LogP contribution is -2.31. The van der Waals surface area contributed by atoms with Crippen LogP contribution in [-0.2, 0) is 16.0 Å². The topological polar surface area (TPSA) is 91.0 Å². The van der Waals surface area contributed by atoms with Crippen LogP contribution in [0.3, 0.4) is 0 Å². The van der Waals surface area contributed by atoms with Crippen LogP contribution in [0.2, 0.25) is 5.02 Å². The molecule has 3 aromatic carbocycles. The van der Waals surface area contributed by atoms with Gasteiger partial charge in [-0.1, -0.05) is 71.9 Å². The summed E-state index contributed by atoms with van der Waals surface area (Å²) in [6.45, 7) is 1.82. The first-order valence-electron chi connectivity index (χ1n) is 11.8. The highest BCUT2D eigenvalue weighted by Gasteiger charge is 2.40. The van der Waals surface area contributed by atoms with Crippen molar-refractivity contribution in [1.82, 2.24) is 9.78 Å². The third kappa shape index (κ3) is 5.21. The molecule has 2 amide bonds. The standard InChI is InChI=1S/C29H22ClN5O2S/c1-19-16-26(35(33-19)23-10-6-3-7-11-23)32-27(36)24(18-31)29-34(22-8-4-2-5-9-22)28(37)25(38-29)17-20-12-14-21(30)15-13-20/h2-16,25H,17H2,1H3,(H,32,36). The van der Waals surface area contributed by atoms with Crippen LogP contribution in [0, 0.1) is 18.3 Å². The van der Waals surface area contributed by atoms with Gasteiger partial charge in [-0.15, -0.1) is 0 Å². The van der Waals surface area contributed by atoms with Crippen LogP contribution in [0.1, 0.15) is 11.3 Å². The van der Waals surface area contributed by atoms with E-state index in [2.05, 4.69) is 10.4 Å². The second kappa shape index (κ2) is 11.0. The maximum absolute atomic E-state index is 13.6. The Morgan fingerprint density at radius 3 is 2.29 bits per heavy atom. The number of nitrogens with zero attached hydrogens (tertiary/aromatic N) is 4. The van der Waals surface area contributed by atoms with E-state index < -0.39 is 11.2 Å². The Hall–Kier alpha value is -4.32. The van der Waals surface area contributed by atoms with E-state index in [0.717, 1.165) is 11.3 Å². The molecule has 2 heterocycles. The van der Waals surface area contributed by atoms with Gasteiger partial charge in [-0.2, -0.15) is 10.4 Å². The molecule has 188 valence electrons. The fraction of sp³-hybridized carbons (Fsp3) is 0.103. The van der Waals surface area contributed by atoms with Crippen molar-refractivity contribution >= 4 is 46.7 Å². The number of thioether (sulfide) groups is 1. The first-order chi connectivity index (χ1) is 18.4. The summed E-state index contributed by atoms with van der Waals surface area (Å²) in [5.41, 5.74) is 2.84. The van der Waals surface area contributed by atoms with E-state index in [1.807, 2.05) is 73.7 Å². The maximum Gasteiger partial charge on any atom is 0.270 e.